The van der Waals surface area contributed by atoms with Crippen LogP contribution >= 0.6 is 0 Å². The number of anilines is 1. The summed E-state index contributed by atoms with van der Waals surface area (Å²) in [6, 6.07) is 12.6. The summed E-state index contributed by atoms with van der Waals surface area (Å²) in [5.41, 5.74) is 2.52. The van der Waals surface area contributed by atoms with Crippen LogP contribution in [0, 0.1) is 11.8 Å². The van der Waals surface area contributed by atoms with Gasteiger partial charge in [0.15, 0.2) is 5.78 Å². The van der Waals surface area contributed by atoms with E-state index in [-0.39, 0.29) is 5.91 Å². The van der Waals surface area contributed by atoms with Crippen molar-refractivity contribution in [2.45, 2.75) is 64.5 Å². The highest BCUT2D eigenvalue weighted by atomic mass is 16.3. The lowest BCUT2D eigenvalue weighted by Gasteiger charge is -2.19. The zero-order valence-corrected chi connectivity index (χ0v) is 20.3. The molecule has 0 aliphatic rings. The fourth-order valence-electron chi connectivity index (χ4n) is 3.39. The lowest BCUT2D eigenvalue weighted by Crippen LogP contribution is -2.48. The second-order valence-corrected chi connectivity index (χ2v) is 8.43. The van der Waals surface area contributed by atoms with E-state index in [0.717, 1.165) is 24.1 Å². The molecule has 35 heavy (non-hydrogen) atoms. The first-order chi connectivity index (χ1) is 16.8. The first-order valence-corrected chi connectivity index (χ1v) is 12.0. The first-order valence-electron chi connectivity index (χ1n) is 12.0. The molecule has 0 aliphatic heterocycles. The van der Waals surface area contributed by atoms with Crippen LogP contribution in [-0.4, -0.2) is 46.6 Å². The predicted molar refractivity (Wildman–Crippen MR) is 136 cm³/mol. The van der Waals surface area contributed by atoms with Gasteiger partial charge < -0.3 is 20.8 Å². The molecule has 0 aromatic heterocycles. The Hall–Kier alpha value is -3.47. The number of unbranched alkanes of at least 4 members (excludes halogenated alkanes) is 4. The number of hydrogen-bond donors (Lipinski definition) is 4. The molecule has 0 saturated carbocycles. The lowest BCUT2D eigenvalue weighted by atomic mass is 10.1. The molecule has 0 saturated heterocycles. The van der Waals surface area contributed by atoms with Crippen molar-refractivity contribution in [2.75, 3.05) is 11.9 Å². The number of hydrogen-bond acceptors (Lipinski definition) is 5. The van der Waals surface area contributed by atoms with Gasteiger partial charge >= 0.3 is 0 Å². The second kappa shape index (κ2) is 14.7. The fourth-order valence-corrected chi connectivity index (χ4v) is 3.39. The van der Waals surface area contributed by atoms with E-state index < -0.39 is 30.4 Å². The van der Waals surface area contributed by atoms with Crippen LogP contribution in [0.5, 0.6) is 0 Å². The Labute approximate surface area is 206 Å². The largest absolute Gasteiger partial charge is 0.391 e. The van der Waals surface area contributed by atoms with Crippen LogP contribution in [-0.2, 0) is 9.59 Å². The van der Waals surface area contributed by atoms with E-state index in [4.69, 9.17) is 5.11 Å². The number of rotatable bonds is 12. The molecule has 0 heterocycles. The predicted octanol–water partition coefficient (Wildman–Crippen LogP) is 3.43. The minimum Gasteiger partial charge on any atom is -0.391 e. The van der Waals surface area contributed by atoms with Gasteiger partial charge in [0.2, 0.25) is 5.91 Å². The van der Waals surface area contributed by atoms with Crippen molar-refractivity contribution in [3.8, 4) is 11.8 Å². The Kier molecular flexibility index (Phi) is 11.7. The number of ketones is 1. The summed E-state index contributed by atoms with van der Waals surface area (Å²) in [7, 11) is 0. The van der Waals surface area contributed by atoms with E-state index in [1.807, 2.05) is 24.3 Å². The molecule has 7 heteroatoms. The van der Waals surface area contributed by atoms with Crippen molar-refractivity contribution in [2.24, 2.45) is 0 Å². The van der Waals surface area contributed by atoms with Gasteiger partial charge in [-0.25, -0.2) is 0 Å². The highest BCUT2D eigenvalue weighted by Gasteiger charge is 2.25. The molecule has 186 valence electrons. The van der Waals surface area contributed by atoms with Crippen LogP contribution in [0.2, 0.25) is 0 Å². The van der Waals surface area contributed by atoms with Gasteiger partial charge in [-0.3, -0.25) is 14.4 Å². The van der Waals surface area contributed by atoms with Gasteiger partial charge in [0.1, 0.15) is 12.6 Å². The minimum absolute atomic E-state index is 0.0185. The van der Waals surface area contributed by atoms with Gasteiger partial charge in [-0.15, -0.1) is 0 Å². The number of carbonyl (C=O) groups excluding carboxylic acids is 3. The van der Waals surface area contributed by atoms with E-state index in [1.165, 1.54) is 26.2 Å². The lowest BCUT2D eigenvalue weighted by molar-refractivity contribution is -0.126. The monoisotopic (exact) mass is 478 g/mol. The van der Waals surface area contributed by atoms with Crippen molar-refractivity contribution < 1.29 is 24.6 Å². The Morgan fingerprint density at radius 3 is 2.00 bits per heavy atom. The quantitative estimate of drug-likeness (QED) is 0.276. The molecule has 0 unspecified atom stereocenters. The van der Waals surface area contributed by atoms with E-state index in [9.17, 15) is 19.5 Å². The molecule has 2 atom stereocenters. The standard InChI is InChI=1S/C28H34N2O5/c1-3-4-5-6-7-8-26(34)29-24-17-13-22(14-18-24)10-9-21-11-15-23(16-12-21)28(35)30-27(20(2)32)25(33)19-31/h11-18,20,27,31-32H,3-8,19H2,1-2H3,(H,29,34)(H,30,35)/t20-,27+/m1/s1. The first kappa shape index (κ1) is 27.8. The van der Waals surface area contributed by atoms with Crippen LogP contribution in [0.4, 0.5) is 5.69 Å². The Morgan fingerprint density at radius 2 is 1.46 bits per heavy atom. The zero-order chi connectivity index (χ0) is 25.6. The van der Waals surface area contributed by atoms with E-state index in [2.05, 4.69) is 29.4 Å². The number of carbonyl (C=O) groups is 3. The van der Waals surface area contributed by atoms with Crippen LogP contribution < -0.4 is 10.6 Å². The number of amides is 2. The molecular formula is C28H34N2O5. The van der Waals surface area contributed by atoms with E-state index >= 15 is 0 Å². The molecule has 4 N–H and O–H groups in total. The molecule has 2 amide bonds. The average Bonchev–Trinajstić information content (AvgIpc) is 2.86. The summed E-state index contributed by atoms with van der Waals surface area (Å²) in [6.45, 7) is 2.77. The number of aliphatic hydroxyl groups is 2. The summed E-state index contributed by atoms with van der Waals surface area (Å²) >= 11 is 0. The number of nitrogens with one attached hydrogen (secondary N) is 2. The minimum atomic E-state index is -1.18. The highest BCUT2D eigenvalue weighted by Crippen LogP contribution is 2.12. The molecule has 2 rings (SSSR count). The maximum absolute atomic E-state index is 12.4. The van der Waals surface area contributed by atoms with Gasteiger partial charge in [0, 0.05) is 28.8 Å². The Morgan fingerprint density at radius 1 is 0.886 bits per heavy atom. The summed E-state index contributed by atoms with van der Waals surface area (Å²) in [5, 5.41) is 24.0. The SMILES string of the molecule is CCCCCCCC(=O)Nc1ccc(C#Cc2ccc(C(=O)N[C@H](C(=O)CO)[C@@H](C)O)cc2)cc1. The normalized spacial score (nSPS) is 12.1. The highest BCUT2D eigenvalue weighted by molar-refractivity contribution is 5.98. The van der Waals surface area contributed by atoms with Gasteiger partial charge in [0.25, 0.3) is 5.91 Å². The van der Waals surface area contributed by atoms with Crippen molar-refractivity contribution in [3.05, 3.63) is 65.2 Å². The summed E-state index contributed by atoms with van der Waals surface area (Å²) in [4.78, 5) is 36.1. The summed E-state index contributed by atoms with van der Waals surface area (Å²) < 4.78 is 0. The second-order valence-electron chi connectivity index (χ2n) is 8.43. The van der Waals surface area contributed by atoms with E-state index in [0.29, 0.717) is 17.5 Å². The molecule has 0 fully saturated rings. The smallest absolute Gasteiger partial charge is 0.251 e. The maximum Gasteiger partial charge on any atom is 0.251 e. The topological polar surface area (TPSA) is 116 Å². The van der Waals surface area contributed by atoms with Crippen LogP contribution in [0.1, 0.15) is 73.9 Å². The average molecular weight is 479 g/mol. The van der Waals surface area contributed by atoms with Crippen molar-refractivity contribution in [1.82, 2.24) is 5.32 Å². The summed E-state index contributed by atoms with van der Waals surface area (Å²) in [5.74, 6) is 4.89. The van der Waals surface area contributed by atoms with Crippen molar-refractivity contribution >= 4 is 23.3 Å². The molecule has 7 nitrogen and oxygen atoms in total. The van der Waals surface area contributed by atoms with Crippen LogP contribution in [0.3, 0.4) is 0 Å². The molecular weight excluding hydrogens is 444 g/mol. The van der Waals surface area contributed by atoms with Gasteiger partial charge in [-0.2, -0.15) is 0 Å². The third-order valence-electron chi connectivity index (χ3n) is 5.45. The van der Waals surface area contributed by atoms with Gasteiger partial charge in [-0.05, 0) is 61.9 Å². The number of benzene rings is 2. The van der Waals surface area contributed by atoms with Crippen molar-refractivity contribution in [3.63, 3.8) is 0 Å². The third-order valence-corrected chi connectivity index (χ3v) is 5.45. The van der Waals surface area contributed by atoms with Crippen LogP contribution in [0.25, 0.3) is 0 Å². The number of Topliss-reactive ketones (excluding diaryl/α,β-unsaturated/α-hetero) is 1. The molecule has 0 bridgehead atoms. The molecule has 0 spiro atoms. The molecule has 0 aliphatic carbocycles. The summed E-state index contributed by atoms with van der Waals surface area (Å²) in [6.07, 6.45) is 4.94. The molecule has 0 radical (unpaired) electrons. The van der Waals surface area contributed by atoms with Gasteiger partial charge in [-0.1, -0.05) is 44.4 Å². The Balaban J connectivity index is 1.90. The maximum atomic E-state index is 12.4. The van der Waals surface area contributed by atoms with Gasteiger partial charge in [0.05, 0.1) is 6.10 Å². The van der Waals surface area contributed by atoms with Crippen LogP contribution in [0.15, 0.2) is 48.5 Å². The third kappa shape index (κ3) is 9.73. The van der Waals surface area contributed by atoms with Crippen molar-refractivity contribution in [1.29, 1.82) is 0 Å². The fraction of sp³-hybridized carbons (Fsp3) is 0.393. The number of aliphatic hydroxyl groups excluding tert-OH is 2. The van der Waals surface area contributed by atoms with E-state index in [1.54, 1.807) is 24.3 Å². The Bertz CT molecular complexity index is 1030. The molecule has 2 aromatic rings. The molecule has 2 aromatic carbocycles. The zero-order valence-electron chi connectivity index (χ0n) is 20.3.